The maximum Gasteiger partial charge on any atom is 0.319 e. The number of carbonyl (C=O) groups is 2. The average molecular weight is 331 g/mol. The second-order valence-electron chi connectivity index (χ2n) is 5.68. The Kier molecular flexibility index (Phi) is 4.29. The third kappa shape index (κ3) is 3.68. The Morgan fingerprint density at radius 1 is 1.35 bits per heavy atom. The molecule has 3 rings (SSSR count). The van der Waals surface area contributed by atoms with Crippen molar-refractivity contribution in [2.45, 2.75) is 25.8 Å². The van der Waals surface area contributed by atoms with E-state index in [4.69, 9.17) is 5.11 Å². The number of benzene rings is 1. The molecule has 7 heteroatoms. The molecule has 1 aliphatic carbocycles. The molecule has 6 nitrogen and oxygen atoms in total. The van der Waals surface area contributed by atoms with E-state index in [1.54, 1.807) is 11.3 Å². The van der Waals surface area contributed by atoms with Crippen molar-refractivity contribution in [2.75, 3.05) is 5.32 Å². The smallest absolute Gasteiger partial charge is 0.319 e. The Labute approximate surface area is 137 Å². The number of amides is 2. The van der Waals surface area contributed by atoms with E-state index in [0.717, 1.165) is 16.3 Å². The Morgan fingerprint density at radius 3 is 2.78 bits per heavy atom. The van der Waals surface area contributed by atoms with Crippen LogP contribution in [-0.4, -0.2) is 28.1 Å². The Bertz CT molecular complexity index is 738. The lowest BCUT2D eigenvalue weighted by Crippen LogP contribution is -2.48. The van der Waals surface area contributed by atoms with Gasteiger partial charge in [0.1, 0.15) is 5.01 Å². The lowest BCUT2D eigenvalue weighted by atomic mass is 9.80. The summed E-state index contributed by atoms with van der Waals surface area (Å²) in [6.07, 6.45) is 0.975. The van der Waals surface area contributed by atoms with Crippen LogP contribution in [0.1, 0.15) is 18.5 Å². The molecule has 120 valence electrons. The first-order chi connectivity index (χ1) is 11.0. The normalized spacial score (nSPS) is 19.7. The summed E-state index contributed by atoms with van der Waals surface area (Å²) in [5.74, 6) is -1.13. The highest BCUT2D eigenvalue weighted by Crippen LogP contribution is 2.28. The van der Waals surface area contributed by atoms with Gasteiger partial charge >= 0.3 is 12.0 Å². The molecule has 0 bridgehead atoms. The zero-order chi connectivity index (χ0) is 16.4. The molecule has 0 aliphatic heterocycles. The fraction of sp³-hybridized carbons (Fsp3) is 0.312. The molecule has 1 aromatic carbocycles. The second-order valence-corrected chi connectivity index (χ2v) is 6.53. The van der Waals surface area contributed by atoms with Crippen LogP contribution in [0.2, 0.25) is 0 Å². The molecule has 1 saturated carbocycles. The number of thiazole rings is 1. The molecule has 0 radical (unpaired) electrons. The van der Waals surface area contributed by atoms with E-state index in [0.29, 0.717) is 18.5 Å². The van der Waals surface area contributed by atoms with Gasteiger partial charge in [-0.3, -0.25) is 4.79 Å². The van der Waals surface area contributed by atoms with Gasteiger partial charge in [0.25, 0.3) is 0 Å². The SMILES string of the molecule is Cc1csc(-c2cccc(NC(=O)NC3CC(C(=O)O)C3)c2)n1. The molecular formula is C16H17N3O3S. The molecule has 0 spiro atoms. The largest absolute Gasteiger partial charge is 0.481 e. The van der Waals surface area contributed by atoms with Crippen LogP contribution in [0.3, 0.4) is 0 Å². The summed E-state index contributed by atoms with van der Waals surface area (Å²) in [7, 11) is 0. The monoisotopic (exact) mass is 331 g/mol. The van der Waals surface area contributed by atoms with Crippen molar-refractivity contribution < 1.29 is 14.7 Å². The third-order valence-electron chi connectivity index (χ3n) is 3.81. The van der Waals surface area contributed by atoms with Crippen LogP contribution < -0.4 is 10.6 Å². The minimum atomic E-state index is -0.796. The minimum Gasteiger partial charge on any atom is -0.481 e. The first-order valence-corrected chi connectivity index (χ1v) is 8.22. The van der Waals surface area contributed by atoms with Crippen LogP contribution in [0.15, 0.2) is 29.6 Å². The number of aromatic nitrogens is 1. The van der Waals surface area contributed by atoms with Gasteiger partial charge in [0.15, 0.2) is 0 Å². The average Bonchev–Trinajstić information content (AvgIpc) is 2.89. The summed E-state index contributed by atoms with van der Waals surface area (Å²) in [5, 5.41) is 17.3. The highest BCUT2D eigenvalue weighted by Gasteiger charge is 2.35. The molecule has 0 saturated heterocycles. The summed E-state index contributed by atoms with van der Waals surface area (Å²) < 4.78 is 0. The van der Waals surface area contributed by atoms with Gasteiger partial charge in [0, 0.05) is 28.4 Å². The molecule has 2 amide bonds. The number of nitrogens with one attached hydrogen (secondary N) is 2. The summed E-state index contributed by atoms with van der Waals surface area (Å²) in [4.78, 5) is 27.1. The highest BCUT2D eigenvalue weighted by molar-refractivity contribution is 7.13. The van der Waals surface area contributed by atoms with Gasteiger partial charge in [-0.25, -0.2) is 9.78 Å². The summed E-state index contributed by atoms with van der Waals surface area (Å²) >= 11 is 1.56. The molecule has 3 N–H and O–H groups in total. The van der Waals surface area contributed by atoms with Crippen LogP contribution >= 0.6 is 11.3 Å². The van der Waals surface area contributed by atoms with Crippen molar-refractivity contribution in [1.82, 2.24) is 10.3 Å². The predicted molar refractivity (Wildman–Crippen MR) is 88.6 cm³/mol. The van der Waals surface area contributed by atoms with Gasteiger partial charge in [-0.15, -0.1) is 11.3 Å². The van der Waals surface area contributed by atoms with E-state index < -0.39 is 5.97 Å². The number of carboxylic acid groups (broad SMARTS) is 1. The number of aryl methyl sites for hydroxylation is 1. The number of nitrogens with zero attached hydrogens (tertiary/aromatic N) is 1. The van der Waals surface area contributed by atoms with Crippen LogP contribution in [-0.2, 0) is 4.79 Å². The standard InChI is InChI=1S/C16H17N3O3S/c1-9-8-23-14(17-9)10-3-2-4-12(5-10)18-16(22)19-13-6-11(7-13)15(20)21/h2-5,8,11,13H,6-7H2,1H3,(H,20,21)(H2,18,19,22). The number of aliphatic carboxylic acids is 1. The molecule has 1 fully saturated rings. The zero-order valence-corrected chi connectivity index (χ0v) is 13.4. The second kappa shape index (κ2) is 6.37. The van der Waals surface area contributed by atoms with Crippen molar-refractivity contribution in [3.05, 3.63) is 35.3 Å². The van der Waals surface area contributed by atoms with Crippen LogP contribution in [0.5, 0.6) is 0 Å². The predicted octanol–water partition coefficient (Wildman–Crippen LogP) is 3.10. The van der Waals surface area contributed by atoms with E-state index in [1.165, 1.54) is 0 Å². The number of anilines is 1. The summed E-state index contributed by atoms with van der Waals surface area (Å²) in [6.45, 7) is 1.94. The Balaban J connectivity index is 1.58. The Hall–Kier alpha value is -2.41. The van der Waals surface area contributed by atoms with E-state index >= 15 is 0 Å². The number of rotatable bonds is 4. The fourth-order valence-electron chi connectivity index (χ4n) is 2.51. The quantitative estimate of drug-likeness (QED) is 0.803. The first-order valence-electron chi connectivity index (χ1n) is 7.34. The van der Waals surface area contributed by atoms with Gasteiger partial charge in [-0.05, 0) is 31.9 Å². The van der Waals surface area contributed by atoms with Gasteiger partial charge in [0.2, 0.25) is 0 Å². The molecule has 1 heterocycles. The molecule has 1 aliphatic rings. The van der Waals surface area contributed by atoms with E-state index in [9.17, 15) is 9.59 Å². The van der Waals surface area contributed by atoms with E-state index in [1.807, 2.05) is 36.6 Å². The molecular weight excluding hydrogens is 314 g/mol. The zero-order valence-electron chi connectivity index (χ0n) is 12.6. The number of carboxylic acids is 1. The highest BCUT2D eigenvalue weighted by atomic mass is 32.1. The maximum atomic E-state index is 12.0. The molecule has 2 aromatic rings. The van der Waals surface area contributed by atoms with Crippen molar-refractivity contribution in [3.8, 4) is 10.6 Å². The number of carbonyl (C=O) groups excluding carboxylic acids is 1. The van der Waals surface area contributed by atoms with Gasteiger partial charge in [-0.1, -0.05) is 12.1 Å². The third-order valence-corrected chi connectivity index (χ3v) is 4.82. The lowest BCUT2D eigenvalue weighted by molar-refractivity contribution is -0.145. The van der Waals surface area contributed by atoms with Gasteiger partial charge in [0.05, 0.1) is 5.92 Å². The minimum absolute atomic E-state index is 0.0686. The van der Waals surface area contributed by atoms with Crippen molar-refractivity contribution >= 4 is 29.0 Å². The van der Waals surface area contributed by atoms with Crippen molar-refractivity contribution in [2.24, 2.45) is 5.92 Å². The topological polar surface area (TPSA) is 91.3 Å². The van der Waals surface area contributed by atoms with Crippen LogP contribution in [0.4, 0.5) is 10.5 Å². The number of urea groups is 1. The first kappa shape index (κ1) is 15.5. The molecule has 23 heavy (non-hydrogen) atoms. The molecule has 0 unspecified atom stereocenters. The molecule has 1 aromatic heterocycles. The summed E-state index contributed by atoms with van der Waals surface area (Å²) in [6, 6.07) is 7.12. The number of hydrogen-bond acceptors (Lipinski definition) is 4. The molecule has 0 atom stereocenters. The number of hydrogen-bond donors (Lipinski definition) is 3. The summed E-state index contributed by atoms with van der Waals surface area (Å²) in [5.41, 5.74) is 2.61. The van der Waals surface area contributed by atoms with E-state index in [2.05, 4.69) is 15.6 Å². The lowest BCUT2D eigenvalue weighted by Gasteiger charge is -2.32. The van der Waals surface area contributed by atoms with E-state index in [-0.39, 0.29) is 18.0 Å². The fourth-order valence-corrected chi connectivity index (χ4v) is 3.30. The Morgan fingerprint density at radius 2 is 2.13 bits per heavy atom. The van der Waals surface area contributed by atoms with Gasteiger partial charge < -0.3 is 15.7 Å². The van der Waals surface area contributed by atoms with Gasteiger partial charge in [-0.2, -0.15) is 0 Å². The van der Waals surface area contributed by atoms with Crippen molar-refractivity contribution in [3.63, 3.8) is 0 Å². The van der Waals surface area contributed by atoms with Crippen LogP contribution in [0, 0.1) is 12.8 Å². The van der Waals surface area contributed by atoms with Crippen molar-refractivity contribution in [1.29, 1.82) is 0 Å². The van der Waals surface area contributed by atoms with Crippen LogP contribution in [0.25, 0.3) is 10.6 Å². The maximum absolute atomic E-state index is 12.0.